The predicted molar refractivity (Wildman–Crippen MR) is 162 cm³/mol. The second-order valence-electron chi connectivity index (χ2n) is 11.4. The van der Waals surface area contributed by atoms with Gasteiger partial charge in [0, 0.05) is 48.9 Å². The fourth-order valence-corrected chi connectivity index (χ4v) is 6.93. The molecule has 232 valence electrons. The molecule has 9 nitrogen and oxygen atoms in total. The van der Waals surface area contributed by atoms with Crippen LogP contribution in [0.15, 0.2) is 47.0 Å². The molecule has 0 aromatic heterocycles. The molecule has 2 aliphatic carbocycles. The van der Waals surface area contributed by atoms with Gasteiger partial charge in [0.15, 0.2) is 0 Å². The SMILES string of the molecule is CC\C1=C(c2cc(OC)cc(OC)c2)/C(Cl)=C\C=C\C2(CN(C(=O)[C@H]3C[C@@H](N)[C@@H](O)C3)CCO2)[C@@]1(O)CCCCOC. The number of benzene rings is 1. The summed E-state index contributed by atoms with van der Waals surface area (Å²) in [5, 5.41) is 23.7. The van der Waals surface area contributed by atoms with Crippen molar-refractivity contribution in [3.63, 3.8) is 0 Å². The molecule has 1 saturated heterocycles. The highest BCUT2D eigenvalue weighted by Gasteiger charge is 2.56. The number of aliphatic hydroxyl groups is 2. The van der Waals surface area contributed by atoms with E-state index in [4.69, 9.17) is 36.3 Å². The van der Waals surface area contributed by atoms with E-state index in [0.717, 1.165) is 12.0 Å². The van der Waals surface area contributed by atoms with E-state index < -0.39 is 23.3 Å². The molecule has 2 fully saturated rings. The molecule has 1 spiro atoms. The van der Waals surface area contributed by atoms with Crippen molar-refractivity contribution in [2.24, 2.45) is 11.7 Å². The van der Waals surface area contributed by atoms with Crippen LogP contribution in [0.4, 0.5) is 0 Å². The zero-order valence-electron chi connectivity index (χ0n) is 25.1. The molecule has 1 saturated carbocycles. The van der Waals surface area contributed by atoms with E-state index in [1.807, 2.05) is 25.1 Å². The largest absolute Gasteiger partial charge is 0.497 e. The predicted octanol–water partition coefficient (Wildman–Crippen LogP) is 3.80. The van der Waals surface area contributed by atoms with Crippen LogP contribution in [0.5, 0.6) is 11.5 Å². The molecule has 42 heavy (non-hydrogen) atoms. The summed E-state index contributed by atoms with van der Waals surface area (Å²) < 4.78 is 23.0. The summed E-state index contributed by atoms with van der Waals surface area (Å²) in [6.07, 6.45) is 7.73. The van der Waals surface area contributed by atoms with Crippen molar-refractivity contribution >= 4 is 23.1 Å². The van der Waals surface area contributed by atoms with Crippen molar-refractivity contribution in [2.45, 2.75) is 68.8 Å². The number of allylic oxidation sites excluding steroid dienone is 4. The first-order valence-corrected chi connectivity index (χ1v) is 15.1. The van der Waals surface area contributed by atoms with Crippen LogP contribution in [0.25, 0.3) is 5.57 Å². The lowest BCUT2D eigenvalue weighted by Crippen LogP contribution is -2.66. The number of methoxy groups -OCH3 is 3. The summed E-state index contributed by atoms with van der Waals surface area (Å²) in [4.78, 5) is 15.5. The van der Waals surface area contributed by atoms with Crippen molar-refractivity contribution < 1.29 is 34.0 Å². The minimum atomic E-state index is -1.53. The summed E-state index contributed by atoms with van der Waals surface area (Å²) in [7, 11) is 4.83. The molecule has 3 aliphatic rings. The highest BCUT2D eigenvalue weighted by molar-refractivity contribution is 6.37. The molecule has 10 heteroatoms. The third-order valence-electron chi connectivity index (χ3n) is 8.86. The smallest absolute Gasteiger partial charge is 0.226 e. The van der Waals surface area contributed by atoms with Crippen LogP contribution in [0.3, 0.4) is 0 Å². The van der Waals surface area contributed by atoms with Crippen LogP contribution >= 0.6 is 11.6 Å². The first-order valence-electron chi connectivity index (χ1n) is 14.7. The molecule has 1 unspecified atom stereocenters. The van der Waals surface area contributed by atoms with E-state index in [1.54, 1.807) is 44.4 Å². The van der Waals surface area contributed by atoms with E-state index in [9.17, 15) is 15.0 Å². The molecule has 1 aromatic rings. The Bertz CT molecular complexity index is 1180. The number of carbonyl (C=O) groups is 1. The molecule has 1 aliphatic heterocycles. The lowest BCUT2D eigenvalue weighted by atomic mass is 9.69. The van der Waals surface area contributed by atoms with Crippen LogP contribution in [0.2, 0.25) is 0 Å². The summed E-state index contributed by atoms with van der Waals surface area (Å²) in [5.74, 6) is 0.744. The number of hydrogen-bond acceptors (Lipinski definition) is 8. The van der Waals surface area contributed by atoms with Gasteiger partial charge in [-0.15, -0.1) is 0 Å². The van der Waals surface area contributed by atoms with Crippen molar-refractivity contribution in [3.8, 4) is 11.5 Å². The van der Waals surface area contributed by atoms with Crippen LogP contribution in [0.1, 0.15) is 51.0 Å². The first-order chi connectivity index (χ1) is 20.1. The molecule has 5 atom stereocenters. The normalized spacial score (nSPS) is 33.6. The van der Waals surface area contributed by atoms with Crippen LogP contribution in [-0.2, 0) is 14.3 Å². The molecule has 1 aromatic carbocycles. The van der Waals surface area contributed by atoms with Crippen LogP contribution in [0, 0.1) is 5.92 Å². The molecule has 4 rings (SSSR count). The Balaban J connectivity index is 1.86. The number of aliphatic hydroxyl groups excluding tert-OH is 1. The molecule has 4 N–H and O–H groups in total. The average molecular weight is 605 g/mol. The standard InChI is InChI=1S/C32H45ClN2O7/c1-5-25-29(21-15-23(40-3)19-24(16-21)41-4)26(33)9-8-10-31(32(25,38)11-6-7-13-39-2)20-35(12-14-42-31)30(37)22-17-27(34)28(36)18-22/h8-10,15-16,19,22,27-28,36,38H,5-7,11-14,17-18,20,34H2,1-4H3/b10-8+,26-9+,29-25+/t22-,27+,28-,31?,32+/m0/s1. The van der Waals surface area contributed by atoms with Gasteiger partial charge in [-0.05, 0) is 73.9 Å². The van der Waals surface area contributed by atoms with Crippen molar-refractivity contribution in [1.29, 1.82) is 0 Å². The molecule has 1 amide bonds. The Hall–Kier alpha value is -2.40. The number of ether oxygens (including phenoxy) is 4. The van der Waals surface area contributed by atoms with E-state index in [2.05, 4.69) is 0 Å². The second-order valence-corrected chi connectivity index (χ2v) is 11.8. The van der Waals surface area contributed by atoms with Gasteiger partial charge in [-0.1, -0.05) is 24.6 Å². The fraction of sp³-hybridized carbons (Fsp3) is 0.594. The Morgan fingerprint density at radius 1 is 1.17 bits per heavy atom. The summed E-state index contributed by atoms with van der Waals surface area (Å²) in [6, 6.07) is 5.12. The number of nitrogens with two attached hydrogens (primary N) is 1. The first kappa shape index (κ1) is 32.5. The number of nitrogens with zero attached hydrogens (tertiary/aromatic N) is 1. The number of hydrogen-bond donors (Lipinski definition) is 3. The molecular weight excluding hydrogens is 560 g/mol. The van der Waals surface area contributed by atoms with Gasteiger partial charge in [0.1, 0.15) is 22.7 Å². The van der Waals surface area contributed by atoms with Gasteiger partial charge in [0.05, 0.1) is 33.5 Å². The number of rotatable bonds is 10. The van der Waals surface area contributed by atoms with Crippen LogP contribution in [-0.4, -0.2) is 92.0 Å². The van der Waals surface area contributed by atoms with Gasteiger partial charge in [-0.2, -0.15) is 0 Å². The van der Waals surface area contributed by atoms with E-state index in [1.165, 1.54) is 0 Å². The zero-order chi connectivity index (χ0) is 30.5. The molecule has 0 bridgehead atoms. The molecule has 0 radical (unpaired) electrons. The lowest BCUT2D eigenvalue weighted by molar-refractivity contribution is -0.186. The maximum atomic E-state index is 13.7. The highest BCUT2D eigenvalue weighted by Crippen LogP contribution is 2.48. The Labute approximate surface area is 253 Å². The van der Waals surface area contributed by atoms with E-state index in [-0.39, 0.29) is 25.0 Å². The fourth-order valence-electron chi connectivity index (χ4n) is 6.63. The summed E-state index contributed by atoms with van der Waals surface area (Å²) >= 11 is 6.99. The van der Waals surface area contributed by atoms with Crippen LogP contribution < -0.4 is 15.2 Å². The molecule has 1 heterocycles. The number of amides is 1. The Kier molecular flexibility index (Phi) is 10.8. The van der Waals surface area contributed by atoms with E-state index in [0.29, 0.717) is 72.9 Å². The minimum absolute atomic E-state index is 0.0739. The lowest BCUT2D eigenvalue weighted by Gasteiger charge is -2.52. The Morgan fingerprint density at radius 3 is 2.48 bits per heavy atom. The quantitative estimate of drug-likeness (QED) is 0.345. The zero-order valence-corrected chi connectivity index (χ0v) is 25.9. The number of carbonyl (C=O) groups excluding carboxylic acids is 1. The number of unbranched alkanes of at least 4 members (excludes halogenated alkanes) is 1. The maximum Gasteiger partial charge on any atom is 0.226 e. The summed E-state index contributed by atoms with van der Waals surface area (Å²) in [5.41, 5.74) is 5.38. The van der Waals surface area contributed by atoms with Crippen molar-refractivity contribution in [1.82, 2.24) is 4.90 Å². The van der Waals surface area contributed by atoms with Crippen molar-refractivity contribution in [2.75, 3.05) is 47.6 Å². The minimum Gasteiger partial charge on any atom is -0.497 e. The van der Waals surface area contributed by atoms with Gasteiger partial charge >= 0.3 is 0 Å². The van der Waals surface area contributed by atoms with Gasteiger partial charge in [-0.25, -0.2) is 0 Å². The van der Waals surface area contributed by atoms with E-state index >= 15 is 0 Å². The summed E-state index contributed by atoms with van der Waals surface area (Å²) in [6.45, 7) is 3.32. The number of halogens is 1. The monoisotopic (exact) mass is 604 g/mol. The van der Waals surface area contributed by atoms with Crippen molar-refractivity contribution in [3.05, 3.63) is 52.6 Å². The third kappa shape index (κ3) is 6.42. The average Bonchev–Trinajstić information content (AvgIpc) is 3.34. The van der Waals surface area contributed by atoms with Gasteiger partial charge in [0.2, 0.25) is 5.91 Å². The number of morpholine rings is 1. The molecular formula is C32H45ClN2O7. The topological polar surface area (TPSA) is 124 Å². The van der Waals surface area contributed by atoms with Gasteiger partial charge < -0.3 is 39.8 Å². The Morgan fingerprint density at radius 2 is 1.88 bits per heavy atom. The maximum absolute atomic E-state index is 13.7. The van der Waals surface area contributed by atoms with Gasteiger partial charge in [0.25, 0.3) is 0 Å². The third-order valence-corrected chi connectivity index (χ3v) is 9.18. The second kappa shape index (κ2) is 13.9. The highest BCUT2D eigenvalue weighted by atomic mass is 35.5. The van der Waals surface area contributed by atoms with Gasteiger partial charge in [-0.3, -0.25) is 4.79 Å².